The molecule has 19 heavy (non-hydrogen) atoms. The average Bonchev–Trinajstić information content (AvgIpc) is 2.95. The van der Waals surface area contributed by atoms with Gasteiger partial charge in [-0.3, -0.25) is 4.68 Å². The maximum absolute atomic E-state index is 5.82. The maximum atomic E-state index is 5.82. The molecule has 3 atom stereocenters. The Morgan fingerprint density at radius 2 is 2.32 bits per heavy atom. The van der Waals surface area contributed by atoms with Crippen molar-refractivity contribution in [2.75, 3.05) is 13.2 Å². The molecule has 5 heteroatoms. The summed E-state index contributed by atoms with van der Waals surface area (Å²) in [5.74, 6) is 1.25. The predicted octanol–water partition coefficient (Wildman–Crippen LogP) is 2.68. The first-order valence-electron chi connectivity index (χ1n) is 7.09. The summed E-state index contributed by atoms with van der Waals surface area (Å²) in [5.41, 5.74) is 0. The molecule has 0 aromatic carbocycles. The topological polar surface area (TPSA) is 39.1 Å². The number of nitrogens with one attached hydrogen (secondary N) is 1. The van der Waals surface area contributed by atoms with E-state index in [4.69, 9.17) is 4.74 Å². The zero-order chi connectivity index (χ0) is 13.8. The van der Waals surface area contributed by atoms with Crippen LogP contribution in [0.5, 0.6) is 0 Å². The van der Waals surface area contributed by atoms with Gasteiger partial charge in [0.25, 0.3) is 0 Å². The normalized spacial score (nSPS) is 25.1. The van der Waals surface area contributed by atoms with Crippen LogP contribution in [0.4, 0.5) is 0 Å². The van der Waals surface area contributed by atoms with E-state index in [0.717, 1.165) is 24.2 Å². The van der Waals surface area contributed by atoms with E-state index in [1.54, 1.807) is 0 Å². The third-order valence-corrected chi connectivity index (χ3v) is 4.12. The summed E-state index contributed by atoms with van der Waals surface area (Å²) in [6.07, 6.45) is 5.43. The summed E-state index contributed by atoms with van der Waals surface area (Å²) in [5, 5.41) is 7.89. The average molecular weight is 330 g/mol. The number of nitrogens with zero attached hydrogens (tertiary/aromatic N) is 2. The Bertz CT molecular complexity index is 394. The molecule has 0 radical (unpaired) electrons. The molecular formula is C14H24BrN3O. The van der Waals surface area contributed by atoms with Crippen molar-refractivity contribution < 1.29 is 4.74 Å². The molecule has 2 heterocycles. The van der Waals surface area contributed by atoms with Gasteiger partial charge in [-0.05, 0) is 41.1 Å². The lowest BCUT2D eigenvalue weighted by Crippen LogP contribution is -2.38. The summed E-state index contributed by atoms with van der Waals surface area (Å²) in [7, 11) is 0. The number of aromatic nitrogens is 2. The summed E-state index contributed by atoms with van der Waals surface area (Å²) >= 11 is 3.42. The van der Waals surface area contributed by atoms with Crippen LogP contribution in [0.1, 0.15) is 27.2 Å². The molecule has 0 spiro atoms. The molecular weight excluding hydrogens is 306 g/mol. The van der Waals surface area contributed by atoms with E-state index in [-0.39, 0.29) is 0 Å². The van der Waals surface area contributed by atoms with E-state index in [0.29, 0.717) is 24.0 Å². The van der Waals surface area contributed by atoms with Gasteiger partial charge in [0.2, 0.25) is 0 Å². The molecule has 1 saturated heterocycles. The molecule has 1 aliphatic heterocycles. The van der Waals surface area contributed by atoms with Gasteiger partial charge in [0.1, 0.15) is 0 Å². The van der Waals surface area contributed by atoms with Crippen LogP contribution in [0, 0.1) is 11.8 Å². The van der Waals surface area contributed by atoms with Gasteiger partial charge in [-0.1, -0.05) is 13.8 Å². The molecule has 2 rings (SSSR count). The molecule has 1 aromatic heterocycles. The fraction of sp³-hybridized carbons (Fsp3) is 0.786. The monoisotopic (exact) mass is 329 g/mol. The summed E-state index contributed by atoms with van der Waals surface area (Å²) in [6.45, 7) is 9.53. The number of hydrogen-bond acceptors (Lipinski definition) is 3. The molecule has 1 fully saturated rings. The first-order valence-corrected chi connectivity index (χ1v) is 7.88. The molecule has 1 N–H and O–H groups in total. The van der Waals surface area contributed by atoms with Crippen molar-refractivity contribution in [1.82, 2.24) is 15.1 Å². The van der Waals surface area contributed by atoms with E-state index in [1.165, 1.54) is 6.42 Å². The maximum Gasteiger partial charge on any atom is 0.0639 e. The van der Waals surface area contributed by atoms with Crippen LogP contribution >= 0.6 is 15.9 Å². The van der Waals surface area contributed by atoms with Gasteiger partial charge >= 0.3 is 0 Å². The third kappa shape index (κ3) is 4.29. The van der Waals surface area contributed by atoms with E-state index in [1.807, 2.05) is 17.1 Å². The lowest BCUT2D eigenvalue weighted by atomic mass is 9.93. The van der Waals surface area contributed by atoms with Gasteiger partial charge in [-0.25, -0.2) is 0 Å². The summed E-state index contributed by atoms with van der Waals surface area (Å²) < 4.78 is 8.81. The van der Waals surface area contributed by atoms with Gasteiger partial charge in [0.05, 0.1) is 23.3 Å². The van der Waals surface area contributed by atoms with Crippen LogP contribution in [0.15, 0.2) is 16.9 Å². The van der Waals surface area contributed by atoms with Crippen molar-refractivity contribution >= 4 is 15.9 Å². The Hall–Kier alpha value is -0.390. The van der Waals surface area contributed by atoms with Crippen LogP contribution in [-0.2, 0) is 11.3 Å². The third-order valence-electron chi connectivity index (χ3n) is 3.71. The van der Waals surface area contributed by atoms with Crippen LogP contribution in [0.2, 0.25) is 0 Å². The molecule has 1 aliphatic rings. The second-order valence-corrected chi connectivity index (χ2v) is 6.73. The fourth-order valence-corrected chi connectivity index (χ4v) is 3.07. The molecule has 0 saturated carbocycles. The summed E-state index contributed by atoms with van der Waals surface area (Å²) in [6, 6.07) is 0.417. The standard InChI is InChI=1S/C14H24BrN3O/c1-10(2)14-12(4-5-19-14)6-16-11(3)8-18-9-13(15)7-17-18/h7,9-12,14,16H,4-6,8H2,1-3H3/t11?,12-,14-/m1/s1. The van der Waals surface area contributed by atoms with Crippen LogP contribution in [-0.4, -0.2) is 35.1 Å². The zero-order valence-corrected chi connectivity index (χ0v) is 13.6. The second-order valence-electron chi connectivity index (χ2n) is 5.82. The van der Waals surface area contributed by atoms with Crippen molar-refractivity contribution in [3.05, 3.63) is 16.9 Å². The lowest BCUT2D eigenvalue weighted by molar-refractivity contribution is 0.0534. The molecule has 108 valence electrons. The number of hydrogen-bond donors (Lipinski definition) is 1. The largest absolute Gasteiger partial charge is 0.378 e. The highest BCUT2D eigenvalue weighted by atomic mass is 79.9. The number of halogens is 1. The van der Waals surface area contributed by atoms with Crippen molar-refractivity contribution in [3.8, 4) is 0 Å². The van der Waals surface area contributed by atoms with Gasteiger partial charge in [-0.15, -0.1) is 0 Å². The van der Waals surface area contributed by atoms with E-state index in [2.05, 4.69) is 47.1 Å². The zero-order valence-electron chi connectivity index (χ0n) is 12.0. The highest BCUT2D eigenvalue weighted by molar-refractivity contribution is 9.10. The smallest absolute Gasteiger partial charge is 0.0639 e. The van der Waals surface area contributed by atoms with E-state index >= 15 is 0 Å². The minimum atomic E-state index is 0.415. The fourth-order valence-electron chi connectivity index (χ4n) is 2.75. The minimum absolute atomic E-state index is 0.415. The highest BCUT2D eigenvalue weighted by Gasteiger charge is 2.30. The summed E-state index contributed by atoms with van der Waals surface area (Å²) in [4.78, 5) is 0. The first-order chi connectivity index (χ1) is 9.06. The lowest BCUT2D eigenvalue weighted by Gasteiger charge is -2.24. The molecule has 1 unspecified atom stereocenters. The molecule has 4 nitrogen and oxygen atoms in total. The van der Waals surface area contributed by atoms with E-state index in [9.17, 15) is 0 Å². The second kappa shape index (κ2) is 6.86. The Morgan fingerprint density at radius 3 is 2.95 bits per heavy atom. The highest BCUT2D eigenvalue weighted by Crippen LogP contribution is 2.26. The number of rotatable bonds is 6. The van der Waals surface area contributed by atoms with Gasteiger partial charge in [0.15, 0.2) is 0 Å². The number of ether oxygens (including phenoxy) is 1. The molecule has 0 aliphatic carbocycles. The van der Waals surface area contributed by atoms with Crippen molar-refractivity contribution in [2.24, 2.45) is 11.8 Å². The first kappa shape index (κ1) is 15.0. The Morgan fingerprint density at radius 1 is 1.53 bits per heavy atom. The van der Waals surface area contributed by atoms with Crippen molar-refractivity contribution in [2.45, 2.75) is 45.9 Å². The molecule has 1 aromatic rings. The van der Waals surface area contributed by atoms with Gasteiger partial charge in [0, 0.05) is 25.4 Å². The van der Waals surface area contributed by atoms with Crippen molar-refractivity contribution in [1.29, 1.82) is 0 Å². The predicted molar refractivity (Wildman–Crippen MR) is 80.1 cm³/mol. The molecule has 0 bridgehead atoms. The molecule has 0 amide bonds. The minimum Gasteiger partial charge on any atom is -0.378 e. The Balaban J connectivity index is 1.75. The van der Waals surface area contributed by atoms with E-state index < -0.39 is 0 Å². The van der Waals surface area contributed by atoms with Crippen molar-refractivity contribution in [3.63, 3.8) is 0 Å². The SMILES string of the molecule is CC(Cn1cc(Br)cn1)NC[C@H]1CCO[C@@H]1C(C)C. The van der Waals surface area contributed by atoms with Gasteiger partial charge in [-0.2, -0.15) is 5.10 Å². The Labute approximate surface area is 124 Å². The quantitative estimate of drug-likeness (QED) is 0.872. The van der Waals surface area contributed by atoms with Crippen LogP contribution in [0.25, 0.3) is 0 Å². The van der Waals surface area contributed by atoms with Crippen LogP contribution in [0.3, 0.4) is 0 Å². The Kier molecular flexibility index (Phi) is 5.42. The van der Waals surface area contributed by atoms with Crippen LogP contribution < -0.4 is 5.32 Å². The van der Waals surface area contributed by atoms with Gasteiger partial charge < -0.3 is 10.1 Å².